The van der Waals surface area contributed by atoms with E-state index >= 15 is 0 Å². The fourth-order valence-corrected chi connectivity index (χ4v) is 2.65. The Morgan fingerprint density at radius 2 is 2.21 bits per heavy atom. The van der Waals surface area contributed by atoms with E-state index in [-0.39, 0.29) is 24.3 Å². The summed E-state index contributed by atoms with van der Waals surface area (Å²) in [6.45, 7) is 2.05. The van der Waals surface area contributed by atoms with Crippen molar-refractivity contribution in [1.82, 2.24) is 0 Å². The lowest BCUT2D eigenvalue weighted by atomic mass is 10.1. The van der Waals surface area contributed by atoms with Crippen molar-refractivity contribution in [2.45, 2.75) is 56.7 Å². The lowest BCUT2D eigenvalue weighted by Crippen LogP contribution is -2.29. The molecule has 0 radical (unpaired) electrons. The minimum Gasteiger partial charge on any atom is -0.459 e. The van der Waals surface area contributed by atoms with Gasteiger partial charge in [0.15, 0.2) is 5.79 Å². The molecule has 3 saturated heterocycles. The molecule has 3 fully saturated rings. The van der Waals surface area contributed by atoms with Gasteiger partial charge in [0.2, 0.25) is 0 Å². The highest BCUT2D eigenvalue weighted by atomic mass is 16.7. The van der Waals surface area contributed by atoms with Crippen LogP contribution in [0.5, 0.6) is 0 Å². The van der Waals surface area contributed by atoms with E-state index in [1.807, 2.05) is 0 Å². The van der Waals surface area contributed by atoms with Crippen molar-refractivity contribution in [3.63, 3.8) is 0 Å². The van der Waals surface area contributed by atoms with Gasteiger partial charge in [0.25, 0.3) is 0 Å². The third-order valence-electron chi connectivity index (χ3n) is 3.29. The van der Waals surface area contributed by atoms with E-state index in [9.17, 15) is 4.79 Å². The van der Waals surface area contributed by atoms with Gasteiger partial charge in [-0.1, -0.05) is 0 Å². The average Bonchev–Trinajstić information content (AvgIpc) is 2.66. The molecule has 0 amide bonds. The Hall–Kier alpha value is -0.610. The summed E-state index contributed by atoms with van der Waals surface area (Å²) in [6, 6.07) is 0. The number of hydrogen-bond donors (Lipinski definition) is 0. The van der Waals surface area contributed by atoms with Gasteiger partial charge in [-0.15, -0.1) is 0 Å². The fraction of sp³-hybridized carbons (Fsp3) is 0.900. The fourth-order valence-electron chi connectivity index (χ4n) is 2.65. The summed E-state index contributed by atoms with van der Waals surface area (Å²) in [4.78, 5) is 11.0. The van der Waals surface area contributed by atoms with Crippen LogP contribution in [0.3, 0.4) is 0 Å². The number of hydrogen-bond acceptors (Lipinski definition) is 4. The van der Waals surface area contributed by atoms with Crippen LogP contribution in [-0.2, 0) is 19.0 Å². The molecule has 1 unspecified atom stereocenters. The van der Waals surface area contributed by atoms with Crippen LogP contribution >= 0.6 is 0 Å². The van der Waals surface area contributed by atoms with E-state index in [0.29, 0.717) is 12.8 Å². The Labute approximate surface area is 82.5 Å². The third-order valence-corrected chi connectivity index (χ3v) is 3.29. The summed E-state index contributed by atoms with van der Waals surface area (Å²) in [5, 5.41) is 0. The summed E-state index contributed by atoms with van der Waals surface area (Å²) in [7, 11) is 0. The third kappa shape index (κ3) is 1.17. The highest BCUT2D eigenvalue weighted by molar-refractivity contribution is 5.72. The molecule has 4 atom stereocenters. The molecule has 3 aliphatic rings. The molecule has 0 bridgehead atoms. The Morgan fingerprint density at radius 3 is 2.86 bits per heavy atom. The van der Waals surface area contributed by atoms with Gasteiger partial charge in [0.1, 0.15) is 12.2 Å². The van der Waals surface area contributed by atoms with Crippen molar-refractivity contribution in [2.24, 2.45) is 0 Å². The van der Waals surface area contributed by atoms with E-state index in [0.717, 1.165) is 12.8 Å². The summed E-state index contributed by atoms with van der Waals surface area (Å²) >= 11 is 0. The van der Waals surface area contributed by atoms with Gasteiger partial charge in [0, 0.05) is 12.8 Å². The molecule has 1 spiro atoms. The lowest BCUT2D eigenvalue weighted by Gasteiger charge is -2.23. The zero-order valence-electron chi connectivity index (χ0n) is 8.19. The Bertz CT molecular complexity index is 259. The van der Waals surface area contributed by atoms with E-state index in [4.69, 9.17) is 14.2 Å². The van der Waals surface area contributed by atoms with Crippen LogP contribution in [-0.4, -0.2) is 30.1 Å². The van der Waals surface area contributed by atoms with Crippen LogP contribution in [0, 0.1) is 0 Å². The molecule has 3 aliphatic heterocycles. The molecule has 14 heavy (non-hydrogen) atoms. The van der Waals surface area contributed by atoms with E-state index in [2.05, 4.69) is 6.92 Å². The van der Waals surface area contributed by atoms with Crippen molar-refractivity contribution in [2.75, 3.05) is 0 Å². The van der Waals surface area contributed by atoms with Crippen molar-refractivity contribution in [1.29, 1.82) is 0 Å². The summed E-state index contributed by atoms with van der Waals surface area (Å²) in [5.41, 5.74) is 0. The Balaban J connectivity index is 1.74. The van der Waals surface area contributed by atoms with Gasteiger partial charge in [-0.2, -0.15) is 0 Å². The second-order valence-electron chi connectivity index (χ2n) is 4.47. The van der Waals surface area contributed by atoms with Crippen LogP contribution in [0.4, 0.5) is 0 Å². The van der Waals surface area contributed by atoms with Crippen molar-refractivity contribution < 1.29 is 19.0 Å². The van der Waals surface area contributed by atoms with Crippen LogP contribution in [0.15, 0.2) is 0 Å². The lowest BCUT2D eigenvalue weighted by molar-refractivity contribution is -0.213. The van der Waals surface area contributed by atoms with Gasteiger partial charge < -0.3 is 14.2 Å². The van der Waals surface area contributed by atoms with Gasteiger partial charge in [-0.05, 0) is 13.3 Å². The number of ether oxygens (including phenoxy) is 3. The first-order chi connectivity index (χ1) is 6.67. The maximum atomic E-state index is 11.0. The minimum absolute atomic E-state index is 0.0622. The van der Waals surface area contributed by atoms with Crippen molar-refractivity contribution in [3.05, 3.63) is 0 Å². The summed E-state index contributed by atoms with van der Waals surface area (Å²) in [5.74, 6) is -0.573. The summed E-state index contributed by atoms with van der Waals surface area (Å²) < 4.78 is 16.7. The summed E-state index contributed by atoms with van der Waals surface area (Å²) in [6.07, 6.45) is 3.22. The number of esters is 1. The van der Waals surface area contributed by atoms with Crippen molar-refractivity contribution >= 4 is 5.97 Å². The molecule has 3 rings (SSSR count). The molecule has 0 saturated carbocycles. The zero-order valence-corrected chi connectivity index (χ0v) is 8.19. The van der Waals surface area contributed by atoms with Crippen molar-refractivity contribution in [3.8, 4) is 0 Å². The molecule has 3 heterocycles. The second kappa shape index (κ2) is 2.70. The van der Waals surface area contributed by atoms with Gasteiger partial charge >= 0.3 is 5.97 Å². The maximum absolute atomic E-state index is 11.0. The molecule has 4 nitrogen and oxygen atoms in total. The Kier molecular flexibility index (Phi) is 1.67. The quantitative estimate of drug-likeness (QED) is 0.544. The van der Waals surface area contributed by atoms with Gasteiger partial charge in [-0.25, -0.2) is 0 Å². The predicted octanol–water partition coefficient (Wildman–Crippen LogP) is 0.986. The molecule has 4 heteroatoms. The molecular weight excluding hydrogens is 184 g/mol. The molecule has 0 aromatic heterocycles. The SMILES string of the molecule is CC1CC[C@@]2(C[C@@H]3OC(=O)C[C@@H]3O2)O1. The van der Waals surface area contributed by atoms with Crippen LogP contribution < -0.4 is 0 Å². The number of rotatable bonds is 0. The molecule has 78 valence electrons. The maximum Gasteiger partial charge on any atom is 0.308 e. The van der Waals surface area contributed by atoms with E-state index in [1.54, 1.807) is 0 Å². The molecule has 0 N–H and O–H groups in total. The predicted molar refractivity (Wildman–Crippen MR) is 46.5 cm³/mol. The average molecular weight is 198 g/mol. The minimum atomic E-state index is -0.435. The molecule has 0 aromatic carbocycles. The number of carbonyl (C=O) groups is 1. The first kappa shape index (κ1) is 8.68. The smallest absolute Gasteiger partial charge is 0.308 e. The molecule has 0 aliphatic carbocycles. The monoisotopic (exact) mass is 198 g/mol. The van der Waals surface area contributed by atoms with Crippen LogP contribution in [0.1, 0.15) is 32.6 Å². The zero-order chi connectivity index (χ0) is 9.76. The van der Waals surface area contributed by atoms with Crippen LogP contribution in [0.25, 0.3) is 0 Å². The highest BCUT2D eigenvalue weighted by Crippen LogP contribution is 2.45. The molecular formula is C10H14O4. The first-order valence-corrected chi connectivity index (χ1v) is 5.22. The van der Waals surface area contributed by atoms with Gasteiger partial charge in [0.05, 0.1) is 12.5 Å². The molecule has 0 aromatic rings. The van der Waals surface area contributed by atoms with Crippen LogP contribution in [0.2, 0.25) is 0 Å². The van der Waals surface area contributed by atoms with Gasteiger partial charge in [-0.3, -0.25) is 4.79 Å². The topological polar surface area (TPSA) is 44.8 Å². The normalized spacial score (nSPS) is 51.2. The first-order valence-electron chi connectivity index (χ1n) is 5.22. The van der Waals surface area contributed by atoms with E-state index < -0.39 is 5.79 Å². The number of carbonyl (C=O) groups excluding carboxylic acids is 1. The number of fused-ring (bicyclic) bond motifs is 1. The standard InChI is InChI=1S/C10H14O4/c1-6-2-3-10(13-6)5-8-7(14-10)4-9(11)12-8/h6-8H,2-5H2,1H3/t6?,7-,8-,10+/m0/s1. The second-order valence-corrected chi connectivity index (χ2v) is 4.47. The largest absolute Gasteiger partial charge is 0.459 e. The van der Waals surface area contributed by atoms with E-state index in [1.165, 1.54) is 0 Å². The highest BCUT2D eigenvalue weighted by Gasteiger charge is 2.55. The Morgan fingerprint density at radius 1 is 1.36 bits per heavy atom.